The quantitative estimate of drug-likeness (QED) is 0.680. The van der Waals surface area contributed by atoms with Crippen molar-refractivity contribution >= 4 is 29.1 Å². The molecular formula is C14H20N2O2S. The van der Waals surface area contributed by atoms with E-state index in [4.69, 9.17) is 10.5 Å². The Hall–Kier alpha value is -1.36. The fourth-order valence-electron chi connectivity index (χ4n) is 2.22. The number of anilines is 2. The van der Waals surface area contributed by atoms with E-state index < -0.39 is 0 Å². The zero-order valence-corrected chi connectivity index (χ0v) is 12.2. The first kappa shape index (κ1) is 14.1. The van der Waals surface area contributed by atoms with E-state index in [0.717, 1.165) is 23.7 Å². The zero-order chi connectivity index (χ0) is 13.8. The molecule has 0 radical (unpaired) electrons. The molecule has 5 heteroatoms. The van der Waals surface area contributed by atoms with Crippen LogP contribution in [0.3, 0.4) is 0 Å². The average molecular weight is 280 g/mol. The van der Waals surface area contributed by atoms with Gasteiger partial charge in [0.25, 0.3) is 0 Å². The van der Waals surface area contributed by atoms with Crippen LogP contribution in [0, 0.1) is 0 Å². The highest BCUT2D eigenvalue weighted by Gasteiger charge is 2.21. The van der Waals surface area contributed by atoms with Crippen LogP contribution < -0.4 is 10.6 Å². The minimum Gasteiger partial charge on any atom is -0.462 e. The van der Waals surface area contributed by atoms with Crippen molar-refractivity contribution in [1.29, 1.82) is 0 Å². The summed E-state index contributed by atoms with van der Waals surface area (Å²) in [5, 5.41) is 0. The third-order valence-electron chi connectivity index (χ3n) is 3.23. The fraction of sp³-hybridized carbons (Fsp3) is 0.500. The Morgan fingerprint density at radius 3 is 3.05 bits per heavy atom. The van der Waals surface area contributed by atoms with Crippen LogP contribution in [0.2, 0.25) is 0 Å². The van der Waals surface area contributed by atoms with Crippen molar-refractivity contribution in [3.05, 3.63) is 23.8 Å². The van der Waals surface area contributed by atoms with Gasteiger partial charge in [-0.3, -0.25) is 0 Å². The Morgan fingerprint density at radius 2 is 2.37 bits per heavy atom. The van der Waals surface area contributed by atoms with Crippen molar-refractivity contribution in [2.75, 3.05) is 35.3 Å². The summed E-state index contributed by atoms with van der Waals surface area (Å²) in [5.74, 6) is 1.88. The molecule has 0 amide bonds. The number of ether oxygens (including phenoxy) is 1. The molecule has 1 unspecified atom stereocenters. The number of hydrogen-bond acceptors (Lipinski definition) is 5. The highest BCUT2D eigenvalue weighted by atomic mass is 32.2. The van der Waals surface area contributed by atoms with Crippen LogP contribution in [0.4, 0.5) is 11.4 Å². The molecule has 1 heterocycles. The lowest BCUT2D eigenvalue weighted by Gasteiger charge is -2.35. The van der Waals surface area contributed by atoms with Gasteiger partial charge in [0.05, 0.1) is 12.2 Å². The number of carbonyl (C=O) groups excluding carboxylic acids is 1. The molecule has 1 saturated heterocycles. The minimum absolute atomic E-state index is 0.346. The normalized spacial score (nSPS) is 19.3. The lowest BCUT2D eigenvalue weighted by atomic mass is 10.1. The Balaban J connectivity index is 2.27. The van der Waals surface area contributed by atoms with Crippen LogP contribution in [0.5, 0.6) is 0 Å². The van der Waals surface area contributed by atoms with Crippen LogP contribution in [0.25, 0.3) is 0 Å². The molecule has 0 aromatic heterocycles. The zero-order valence-electron chi connectivity index (χ0n) is 11.4. The van der Waals surface area contributed by atoms with Gasteiger partial charge in [0, 0.05) is 35.5 Å². The third kappa shape index (κ3) is 3.15. The molecule has 1 aromatic carbocycles. The lowest BCUT2D eigenvalue weighted by Crippen LogP contribution is -2.40. The van der Waals surface area contributed by atoms with Crippen molar-refractivity contribution in [3.8, 4) is 0 Å². The maximum Gasteiger partial charge on any atom is 0.340 e. The number of thioether (sulfide) groups is 1. The van der Waals surface area contributed by atoms with E-state index in [1.807, 2.05) is 23.9 Å². The predicted molar refractivity (Wildman–Crippen MR) is 80.9 cm³/mol. The Bertz CT molecular complexity index is 465. The second-order valence-corrected chi connectivity index (χ2v) is 5.76. The molecule has 2 N–H and O–H groups in total. The summed E-state index contributed by atoms with van der Waals surface area (Å²) in [6.07, 6.45) is 0. The number of rotatable bonds is 3. The summed E-state index contributed by atoms with van der Waals surface area (Å²) in [4.78, 5) is 14.2. The lowest BCUT2D eigenvalue weighted by molar-refractivity contribution is 0.0527. The van der Waals surface area contributed by atoms with Crippen LogP contribution in [-0.4, -0.2) is 36.7 Å². The van der Waals surface area contributed by atoms with Crippen LogP contribution in [0.15, 0.2) is 18.2 Å². The second-order valence-electron chi connectivity index (χ2n) is 4.61. The molecule has 4 nitrogen and oxygen atoms in total. The van der Waals surface area contributed by atoms with Crippen LogP contribution in [-0.2, 0) is 4.74 Å². The Labute approximate surface area is 118 Å². The molecule has 19 heavy (non-hydrogen) atoms. The topological polar surface area (TPSA) is 55.6 Å². The third-order valence-corrected chi connectivity index (χ3v) is 4.42. The number of benzene rings is 1. The maximum absolute atomic E-state index is 11.9. The first-order valence-corrected chi connectivity index (χ1v) is 7.70. The number of nitrogens with zero attached hydrogens (tertiary/aromatic N) is 1. The van der Waals surface area contributed by atoms with Crippen LogP contribution in [0.1, 0.15) is 24.2 Å². The van der Waals surface area contributed by atoms with E-state index in [1.54, 1.807) is 13.0 Å². The highest BCUT2D eigenvalue weighted by Crippen LogP contribution is 2.27. The summed E-state index contributed by atoms with van der Waals surface area (Å²) in [5.41, 5.74) is 7.84. The molecule has 1 fully saturated rings. The second kappa shape index (κ2) is 6.19. The molecule has 0 spiro atoms. The van der Waals surface area contributed by atoms with E-state index in [2.05, 4.69) is 11.8 Å². The van der Waals surface area contributed by atoms with Gasteiger partial charge in [0.15, 0.2) is 0 Å². The molecule has 1 aliphatic heterocycles. The first-order valence-electron chi connectivity index (χ1n) is 6.54. The monoisotopic (exact) mass is 280 g/mol. The van der Waals surface area contributed by atoms with Crippen molar-refractivity contribution < 1.29 is 9.53 Å². The van der Waals surface area contributed by atoms with Crippen LogP contribution >= 0.6 is 11.8 Å². The molecule has 2 rings (SSSR count). The van der Waals surface area contributed by atoms with E-state index in [9.17, 15) is 4.79 Å². The van der Waals surface area contributed by atoms with Gasteiger partial charge in [0.1, 0.15) is 0 Å². The number of nitrogens with two attached hydrogens (primary N) is 1. The molecule has 1 aliphatic rings. The summed E-state index contributed by atoms with van der Waals surface area (Å²) in [7, 11) is 0. The largest absolute Gasteiger partial charge is 0.462 e. The summed E-state index contributed by atoms with van der Waals surface area (Å²) in [6, 6.07) is 6.08. The molecule has 1 atom stereocenters. The van der Waals surface area contributed by atoms with Gasteiger partial charge >= 0.3 is 5.97 Å². The maximum atomic E-state index is 11.9. The SMILES string of the molecule is CCOC(=O)c1cc(N2CCSCC2C)ccc1N. The summed E-state index contributed by atoms with van der Waals surface area (Å²) >= 11 is 1.97. The van der Waals surface area contributed by atoms with Crippen molar-refractivity contribution in [1.82, 2.24) is 0 Å². The Morgan fingerprint density at radius 1 is 1.58 bits per heavy atom. The van der Waals surface area contributed by atoms with Gasteiger partial charge in [-0.2, -0.15) is 11.8 Å². The van der Waals surface area contributed by atoms with Gasteiger partial charge in [-0.25, -0.2) is 4.79 Å². The summed E-state index contributed by atoms with van der Waals surface area (Å²) in [6.45, 7) is 5.35. The van der Waals surface area contributed by atoms with E-state index in [0.29, 0.717) is 23.9 Å². The van der Waals surface area contributed by atoms with Gasteiger partial charge in [0.2, 0.25) is 0 Å². The number of hydrogen-bond donors (Lipinski definition) is 1. The van der Waals surface area contributed by atoms with Gasteiger partial charge in [-0.15, -0.1) is 0 Å². The standard InChI is InChI=1S/C14H20N2O2S/c1-3-18-14(17)12-8-11(4-5-13(12)15)16-6-7-19-9-10(16)2/h4-5,8,10H,3,6-7,9,15H2,1-2H3. The Kier molecular flexibility index (Phi) is 4.58. The van der Waals surface area contributed by atoms with E-state index in [-0.39, 0.29) is 5.97 Å². The molecule has 0 aliphatic carbocycles. The smallest absolute Gasteiger partial charge is 0.340 e. The van der Waals surface area contributed by atoms with Gasteiger partial charge in [-0.05, 0) is 32.0 Å². The molecule has 0 bridgehead atoms. The number of esters is 1. The molecular weight excluding hydrogens is 260 g/mol. The van der Waals surface area contributed by atoms with Crippen molar-refractivity contribution in [2.24, 2.45) is 0 Å². The highest BCUT2D eigenvalue weighted by molar-refractivity contribution is 7.99. The number of nitrogen functional groups attached to an aromatic ring is 1. The number of carbonyl (C=O) groups is 1. The predicted octanol–water partition coefficient (Wildman–Crippen LogP) is 2.39. The minimum atomic E-state index is -0.346. The van der Waals surface area contributed by atoms with E-state index in [1.165, 1.54) is 0 Å². The summed E-state index contributed by atoms with van der Waals surface area (Å²) < 4.78 is 5.04. The van der Waals surface area contributed by atoms with E-state index >= 15 is 0 Å². The van der Waals surface area contributed by atoms with Gasteiger partial charge in [-0.1, -0.05) is 0 Å². The molecule has 1 aromatic rings. The molecule has 104 valence electrons. The fourth-order valence-corrected chi connectivity index (χ4v) is 3.23. The van der Waals surface area contributed by atoms with Crippen molar-refractivity contribution in [3.63, 3.8) is 0 Å². The van der Waals surface area contributed by atoms with Crippen molar-refractivity contribution in [2.45, 2.75) is 19.9 Å². The first-order chi connectivity index (χ1) is 9.13. The molecule has 0 saturated carbocycles. The average Bonchev–Trinajstić information content (AvgIpc) is 2.40. The van der Waals surface area contributed by atoms with Gasteiger partial charge < -0.3 is 15.4 Å².